The second-order valence-electron chi connectivity index (χ2n) is 5.92. The van der Waals surface area contributed by atoms with Crippen LogP contribution >= 0.6 is 34.7 Å². The fourth-order valence-electron chi connectivity index (χ4n) is 2.82. The van der Waals surface area contributed by atoms with E-state index in [2.05, 4.69) is 0 Å². The zero-order valence-corrected chi connectivity index (χ0v) is 16.5. The van der Waals surface area contributed by atoms with Gasteiger partial charge >= 0.3 is 0 Å². The molecule has 2 aromatic carbocycles. The van der Waals surface area contributed by atoms with Crippen molar-refractivity contribution < 1.29 is 9.59 Å². The second-order valence-corrected chi connectivity index (χ2v) is 8.39. The van der Waals surface area contributed by atoms with Gasteiger partial charge in [-0.2, -0.15) is 0 Å². The standard InChI is InChI=1S/C21H14ClNO2S2/c22-15-8-10-16(11-9-15)27-19-18(17-7-4-12-26-17)20(24)23(21(19)25)13-14-5-2-1-3-6-14/h1-12H,13H2. The van der Waals surface area contributed by atoms with Crippen molar-refractivity contribution in [1.82, 2.24) is 4.90 Å². The summed E-state index contributed by atoms with van der Waals surface area (Å²) in [5, 5.41) is 2.54. The summed E-state index contributed by atoms with van der Waals surface area (Å²) in [6.45, 7) is 0.262. The van der Waals surface area contributed by atoms with Gasteiger partial charge < -0.3 is 0 Å². The average molecular weight is 412 g/mol. The third-order valence-corrected chi connectivity index (χ3v) is 6.34. The Balaban J connectivity index is 1.70. The number of halogens is 1. The number of thiophene rings is 1. The molecular formula is C21H14ClNO2S2. The van der Waals surface area contributed by atoms with Crippen molar-refractivity contribution in [2.75, 3.05) is 0 Å². The number of hydrogen-bond acceptors (Lipinski definition) is 4. The largest absolute Gasteiger partial charge is 0.269 e. The quantitative estimate of drug-likeness (QED) is 0.522. The molecule has 0 saturated carbocycles. The first-order chi connectivity index (χ1) is 13.1. The molecule has 3 nitrogen and oxygen atoms in total. The molecule has 4 rings (SSSR count). The highest BCUT2D eigenvalue weighted by Crippen LogP contribution is 2.41. The van der Waals surface area contributed by atoms with Crippen molar-refractivity contribution in [3.63, 3.8) is 0 Å². The molecule has 0 aliphatic carbocycles. The molecule has 3 aromatic rings. The number of amides is 2. The third kappa shape index (κ3) is 3.72. The number of benzene rings is 2. The van der Waals surface area contributed by atoms with Crippen molar-refractivity contribution >= 4 is 52.1 Å². The Bertz CT molecular complexity index is 1010. The third-order valence-electron chi connectivity index (χ3n) is 4.11. The van der Waals surface area contributed by atoms with Gasteiger partial charge in [0.1, 0.15) is 0 Å². The van der Waals surface area contributed by atoms with E-state index in [9.17, 15) is 9.59 Å². The number of hydrogen-bond donors (Lipinski definition) is 0. The van der Waals surface area contributed by atoms with Gasteiger partial charge in [0.15, 0.2) is 0 Å². The minimum absolute atomic E-state index is 0.247. The average Bonchev–Trinajstić information content (AvgIpc) is 3.28. The van der Waals surface area contributed by atoms with Crippen LogP contribution in [0.3, 0.4) is 0 Å². The highest BCUT2D eigenvalue weighted by atomic mass is 35.5. The van der Waals surface area contributed by atoms with Crippen LogP contribution in [-0.2, 0) is 16.1 Å². The molecule has 2 heterocycles. The summed E-state index contributed by atoms with van der Waals surface area (Å²) in [6, 6.07) is 20.5. The Labute approximate surface area is 170 Å². The molecule has 1 aromatic heterocycles. The molecular weight excluding hydrogens is 398 g/mol. The van der Waals surface area contributed by atoms with E-state index in [0.717, 1.165) is 15.3 Å². The van der Waals surface area contributed by atoms with Gasteiger partial charge in [-0.3, -0.25) is 14.5 Å². The summed E-state index contributed by atoms with van der Waals surface area (Å²) in [5.41, 5.74) is 1.40. The Morgan fingerprint density at radius 1 is 0.889 bits per heavy atom. The van der Waals surface area contributed by atoms with E-state index in [1.54, 1.807) is 12.1 Å². The number of carbonyl (C=O) groups excluding carboxylic acids is 2. The van der Waals surface area contributed by atoms with Gasteiger partial charge in [0.05, 0.1) is 17.0 Å². The van der Waals surface area contributed by atoms with Crippen molar-refractivity contribution in [1.29, 1.82) is 0 Å². The van der Waals surface area contributed by atoms with Crippen LogP contribution in [0.1, 0.15) is 10.4 Å². The first-order valence-electron chi connectivity index (χ1n) is 8.25. The maximum Gasteiger partial charge on any atom is 0.268 e. The molecule has 0 unspecified atom stereocenters. The molecule has 0 saturated heterocycles. The molecule has 0 radical (unpaired) electrons. The van der Waals surface area contributed by atoms with Crippen LogP contribution in [0.25, 0.3) is 5.57 Å². The van der Waals surface area contributed by atoms with Gasteiger partial charge in [-0.25, -0.2) is 0 Å². The van der Waals surface area contributed by atoms with Gasteiger partial charge in [-0.05, 0) is 41.3 Å². The van der Waals surface area contributed by atoms with Crippen molar-refractivity contribution in [2.24, 2.45) is 0 Å². The lowest BCUT2D eigenvalue weighted by atomic mass is 10.2. The highest BCUT2D eigenvalue weighted by Gasteiger charge is 2.39. The molecule has 0 fully saturated rings. The number of thioether (sulfide) groups is 1. The van der Waals surface area contributed by atoms with Crippen LogP contribution in [0.5, 0.6) is 0 Å². The molecule has 27 heavy (non-hydrogen) atoms. The smallest absolute Gasteiger partial charge is 0.268 e. The molecule has 0 N–H and O–H groups in total. The maximum absolute atomic E-state index is 13.1. The Morgan fingerprint density at radius 2 is 1.63 bits per heavy atom. The van der Waals surface area contributed by atoms with Crippen LogP contribution in [0.2, 0.25) is 5.02 Å². The lowest BCUT2D eigenvalue weighted by Gasteiger charge is -2.15. The summed E-state index contributed by atoms with van der Waals surface area (Å²) < 4.78 is 0. The first-order valence-corrected chi connectivity index (χ1v) is 10.3. The van der Waals surface area contributed by atoms with Gasteiger partial charge in [-0.1, -0.05) is 59.8 Å². The van der Waals surface area contributed by atoms with Gasteiger partial charge in [0.25, 0.3) is 11.8 Å². The van der Waals surface area contributed by atoms with Crippen LogP contribution in [-0.4, -0.2) is 16.7 Å². The van der Waals surface area contributed by atoms with Gasteiger partial charge in [0.2, 0.25) is 0 Å². The Morgan fingerprint density at radius 3 is 2.30 bits per heavy atom. The molecule has 1 aliphatic heterocycles. The van der Waals surface area contributed by atoms with Crippen molar-refractivity contribution in [3.05, 3.63) is 92.5 Å². The summed E-state index contributed by atoms with van der Waals surface area (Å²) in [4.78, 5) is 29.6. The van der Waals surface area contributed by atoms with E-state index in [-0.39, 0.29) is 18.4 Å². The normalized spacial score (nSPS) is 14.3. The van der Waals surface area contributed by atoms with Gasteiger partial charge in [-0.15, -0.1) is 11.3 Å². The van der Waals surface area contributed by atoms with Crippen LogP contribution in [0, 0.1) is 0 Å². The minimum Gasteiger partial charge on any atom is -0.269 e. The molecule has 1 aliphatic rings. The monoisotopic (exact) mass is 411 g/mol. The second kappa shape index (κ2) is 7.72. The lowest BCUT2D eigenvalue weighted by molar-refractivity contribution is -0.137. The lowest BCUT2D eigenvalue weighted by Crippen LogP contribution is -2.30. The van der Waals surface area contributed by atoms with E-state index >= 15 is 0 Å². The Kier molecular flexibility index (Phi) is 5.16. The Hall–Kier alpha value is -2.34. The summed E-state index contributed by atoms with van der Waals surface area (Å²) >= 11 is 8.72. The van der Waals surface area contributed by atoms with E-state index in [0.29, 0.717) is 15.5 Å². The van der Waals surface area contributed by atoms with Crippen LogP contribution in [0.15, 0.2) is 81.9 Å². The summed E-state index contributed by atoms with van der Waals surface area (Å²) in [6.07, 6.45) is 0. The topological polar surface area (TPSA) is 37.4 Å². The molecule has 2 amide bonds. The summed E-state index contributed by atoms with van der Waals surface area (Å²) in [7, 11) is 0. The predicted molar refractivity (Wildman–Crippen MR) is 111 cm³/mol. The minimum atomic E-state index is -0.257. The summed E-state index contributed by atoms with van der Waals surface area (Å²) in [5.74, 6) is -0.505. The predicted octanol–water partition coefficient (Wildman–Crippen LogP) is 5.47. The zero-order valence-electron chi connectivity index (χ0n) is 14.1. The molecule has 0 bridgehead atoms. The van der Waals surface area contributed by atoms with E-state index < -0.39 is 0 Å². The van der Waals surface area contributed by atoms with E-state index in [4.69, 9.17) is 11.6 Å². The van der Waals surface area contributed by atoms with Crippen molar-refractivity contribution in [3.8, 4) is 0 Å². The molecule has 6 heteroatoms. The number of rotatable bonds is 5. The van der Waals surface area contributed by atoms with E-state index in [1.807, 2.05) is 60.0 Å². The molecule has 134 valence electrons. The SMILES string of the molecule is O=C1C(Sc2ccc(Cl)cc2)=C(c2cccs2)C(=O)N1Cc1ccccc1. The maximum atomic E-state index is 13.1. The number of carbonyl (C=O) groups is 2. The van der Waals surface area contributed by atoms with E-state index in [1.165, 1.54) is 28.0 Å². The molecule has 0 spiro atoms. The fraction of sp³-hybridized carbons (Fsp3) is 0.0476. The highest BCUT2D eigenvalue weighted by molar-refractivity contribution is 8.04. The molecule has 0 atom stereocenters. The van der Waals surface area contributed by atoms with Crippen LogP contribution < -0.4 is 0 Å². The zero-order chi connectivity index (χ0) is 18.8. The van der Waals surface area contributed by atoms with Gasteiger partial charge in [0, 0.05) is 14.8 Å². The number of imide groups is 1. The number of nitrogens with zero attached hydrogens (tertiary/aromatic N) is 1. The first kappa shape index (κ1) is 18.0. The van der Waals surface area contributed by atoms with Crippen molar-refractivity contribution in [2.45, 2.75) is 11.4 Å². The fourth-order valence-corrected chi connectivity index (χ4v) is 4.78. The van der Waals surface area contributed by atoms with Crippen LogP contribution in [0.4, 0.5) is 0 Å².